The van der Waals surface area contributed by atoms with E-state index < -0.39 is 39.7 Å². The molecule has 1 unspecified atom stereocenters. The summed E-state index contributed by atoms with van der Waals surface area (Å²) in [5.41, 5.74) is 0.242. The third-order valence-corrected chi connectivity index (χ3v) is 6.98. The molecule has 1 amide bonds. The molecular formula is C22H27F3N6O5S. The SMILES string of the molecule is CS(=O)(=O)Nc1ccn(C(=O)N2CCN(Cc3ccc(C(F)(F)F)cc3N3CCC(C(=O)O)C3)CC2)n1. The van der Waals surface area contributed by atoms with E-state index in [1.54, 1.807) is 9.80 Å². The predicted octanol–water partition coefficient (Wildman–Crippen LogP) is 1.97. The molecule has 0 aliphatic carbocycles. The molecule has 2 aliphatic rings. The van der Waals surface area contributed by atoms with Crippen LogP contribution in [0.25, 0.3) is 0 Å². The van der Waals surface area contributed by atoms with Crippen molar-refractivity contribution >= 4 is 33.5 Å². The van der Waals surface area contributed by atoms with Crippen LogP contribution in [-0.2, 0) is 27.5 Å². The Labute approximate surface area is 211 Å². The second-order valence-electron chi connectivity index (χ2n) is 9.18. The first-order valence-corrected chi connectivity index (χ1v) is 13.4. The molecule has 0 saturated carbocycles. The number of aromatic nitrogens is 2. The topological polar surface area (TPSA) is 128 Å². The van der Waals surface area contributed by atoms with Gasteiger partial charge in [0.1, 0.15) is 0 Å². The van der Waals surface area contributed by atoms with Gasteiger partial charge in [0, 0.05) is 63.8 Å². The van der Waals surface area contributed by atoms with E-state index in [0.29, 0.717) is 56.9 Å². The molecule has 2 aliphatic heterocycles. The van der Waals surface area contributed by atoms with Gasteiger partial charge in [-0.05, 0) is 24.1 Å². The Balaban J connectivity index is 1.42. The number of benzene rings is 1. The zero-order valence-corrected chi connectivity index (χ0v) is 20.8. The summed E-state index contributed by atoms with van der Waals surface area (Å²) < 4.78 is 66.1. The number of sulfonamides is 1. The number of anilines is 2. The van der Waals surface area contributed by atoms with Gasteiger partial charge in [-0.25, -0.2) is 13.2 Å². The molecular weight excluding hydrogens is 517 g/mol. The summed E-state index contributed by atoms with van der Waals surface area (Å²) in [6, 6.07) is 4.49. The number of nitrogens with zero attached hydrogens (tertiary/aromatic N) is 5. The van der Waals surface area contributed by atoms with Crippen LogP contribution < -0.4 is 9.62 Å². The number of piperazine rings is 1. The molecule has 2 saturated heterocycles. The van der Waals surface area contributed by atoms with Crippen molar-refractivity contribution in [2.75, 3.05) is 55.1 Å². The third-order valence-electron chi connectivity index (χ3n) is 6.40. The Morgan fingerprint density at radius 1 is 1.14 bits per heavy atom. The van der Waals surface area contributed by atoms with E-state index >= 15 is 0 Å². The highest BCUT2D eigenvalue weighted by Crippen LogP contribution is 2.36. The van der Waals surface area contributed by atoms with Gasteiger partial charge in [0.05, 0.1) is 17.7 Å². The molecule has 0 bridgehead atoms. The maximum absolute atomic E-state index is 13.4. The average molecular weight is 545 g/mol. The van der Waals surface area contributed by atoms with E-state index in [4.69, 9.17) is 0 Å². The van der Waals surface area contributed by atoms with Crippen molar-refractivity contribution in [2.45, 2.75) is 19.1 Å². The number of amides is 1. The lowest BCUT2D eigenvalue weighted by Crippen LogP contribution is -2.49. The molecule has 3 heterocycles. The van der Waals surface area contributed by atoms with Crippen molar-refractivity contribution in [3.05, 3.63) is 41.6 Å². The molecule has 1 atom stereocenters. The standard InChI is InChI=1S/C22H27F3N6O5S/c1-37(35,36)27-19-5-7-31(26-19)21(34)29-10-8-28(9-11-29)13-15-2-3-17(22(23,24)25)12-18(15)30-6-4-16(14-30)20(32)33/h2-3,5,7,12,16H,4,6,8-11,13-14H2,1H3,(H,26,27)(H,32,33). The number of carbonyl (C=O) groups excluding carboxylic acids is 1. The minimum Gasteiger partial charge on any atom is -0.481 e. The Bertz CT molecular complexity index is 1270. The number of alkyl halides is 3. The number of carboxylic acid groups (broad SMARTS) is 1. The van der Waals surface area contributed by atoms with E-state index in [1.165, 1.54) is 18.3 Å². The Hall–Kier alpha value is -3.33. The second kappa shape index (κ2) is 10.2. The molecule has 37 heavy (non-hydrogen) atoms. The predicted molar refractivity (Wildman–Crippen MR) is 128 cm³/mol. The minimum absolute atomic E-state index is 0.0244. The van der Waals surface area contributed by atoms with Crippen molar-refractivity contribution in [1.29, 1.82) is 0 Å². The van der Waals surface area contributed by atoms with Crippen molar-refractivity contribution in [3.63, 3.8) is 0 Å². The molecule has 0 spiro atoms. The first-order chi connectivity index (χ1) is 17.3. The number of hydrogen-bond donors (Lipinski definition) is 2. The quantitative estimate of drug-likeness (QED) is 0.565. The highest BCUT2D eigenvalue weighted by molar-refractivity contribution is 7.92. The zero-order valence-electron chi connectivity index (χ0n) is 20.0. The largest absolute Gasteiger partial charge is 0.481 e. The van der Waals surface area contributed by atoms with Gasteiger partial charge in [0.15, 0.2) is 5.82 Å². The third kappa shape index (κ3) is 6.52. The summed E-state index contributed by atoms with van der Waals surface area (Å²) in [5.74, 6) is -1.57. The van der Waals surface area contributed by atoms with Gasteiger partial charge >= 0.3 is 18.2 Å². The molecule has 202 valence electrons. The van der Waals surface area contributed by atoms with Crippen LogP contribution in [0.1, 0.15) is 17.5 Å². The number of nitrogens with one attached hydrogen (secondary N) is 1. The van der Waals surface area contributed by atoms with E-state index in [9.17, 15) is 36.3 Å². The monoisotopic (exact) mass is 544 g/mol. The van der Waals surface area contributed by atoms with Gasteiger partial charge in [-0.2, -0.15) is 17.9 Å². The Morgan fingerprint density at radius 2 is 1.84 bits per heavy atom. The number of rotatable bonds is 6. The van der Waals surface area contributed by atoms with Gasteiger partial charge in [-0.15, -0.1) is 5.10 Å². The van der Waals surface area contributed by atoms with Crippen LogP contribution >= 0.6 is 0 Å². The molecule has 1 aromatic heterocycles. The number of hydrogen-bond acceptors (Lipinski definition) is 7. The summed E-state index contributed by atoms with van der Waals surface area (Å²) in [6.07, 6.45) is -1.82. The van der Waals surface area contributed by atoms with E-state index in [-0.39, 0.29) is 12.4 Å². The van der Waals surface area contributed by atoms with Crippen LogP contribution in [0.15, 0.2) is 30.5 Å². The summed E-state index contributed by atoms with van der Waals surface area (Å²) in [4.78, 5) is 29.4. The Morgan fingerprint density at radius 3 is 2.43 bits per heavy atom. The molecule has 11 nitrogen and oxygen atoms in total. The fraction of sp³-hybridized carbons (Fsp3) is 0.500. The van der Waals surface area contributed by atoms with Gasteiger partial charge in [0.2, 0.25) is 10.0 Å². The molecule has 2 N–H and O–H groups in total. The molecule has 2 aromatic rings. The van der Waals surface area contributed by atoms with E-state index in [2.05, 4.69) is 9.82 Å². The van der Waals surface area contributed by atoms with Crippen LogP contribution in [0, 0.1) is 5.92 Å². The summed E-state index contributed by atoms with van der Waals surface area (Å²) in [5, 5.41) is 13.3. The lowest BCUT2D eigenvalue weighted by molar-refractivity contribution is -0.141. The zero-order chi connectivity index (χ0) is 27.0. The summed E-state index contributed by atoms with van der Waals surface area (Å²) in [7, 11) is -3.53. The normalized spacial score (nSPS) is 19.3. The van der Waals surface area contributed by atoms with Crippen LogP contribution in [0.2, 0.25) is 0 Å². The molecule has 15 heteroatoms. The van der Waals surface area contributed by atoms with Gasteiger partial charge < -0.3 is 14.9 Å². The number of halogens is 3. The second-order valence-corrected chi connectivity index (χ2v) is 10.9. The molecule has 4 rings (SSSR count). The van der Waals surface area contributed by atoms with Crippen LogP contribution in [0.5, 0.6) is 0 Å². The van der Waals surface area contributed by atoms with Gasteiger partial charge in [-0.3, -0.25) is 14.4 Å². The molecule has 2 fully saturated rings. The summed E-state index contributed by atoms with van der Waals surface area (Å²) in [6.45, 7) is 2.44. The molecule has 0 radical (unpaired) electrons. The smallest absolute Gasteiger partial charge is 0.416 e. The van der Waals surface area contributed by atoms with E-state index in [0.717, 1.165) is 23.1 Å². The molecule has 1 aromatic carbocycles. The van der Waals surface area contributed by atoms with Crippen LogP contribution in [0.3, 0.4) is 0 Å². The first kappa shape index (κ1) is 26.7. The Kier molecular flexibility index (Phi) is 7.37. The van der Waals surface area contributed by atoms with Crippen molar-refractivity contribution in [2.24, 2.45) is 5.92 Å². The number of aliphatic carboxylic acids is 1. The van der Waals surface area contributed by atoms with Crippen molar-refractivity contribution in [1.82, 2.24) is 19.6 Å². The number of carboxylic acids is 1. The van der Waals surface area contributed by atoms with Crippen molar-refractivity contribution < 1.29 is 36.3 Å². The minimum atomic E-state index is -4.52. The van der Waals surface area contributed by atoms with E-state index in [1.807, 2.05) is 4.90 Å². The van der Waals surface area contributed by atoms with Crippen LogP contribution in [-0.4, -0.2) is 90.6 Å². The summed E-state index contributed by atoms with van der Waals surface area (Å²) >= 11 is 0. The van der Waals surface area contributed by atoms with Gasteiger partial charge in [-0.1, -0.05) is 6.07 Å². The average Bonchev–Trinajstić information content (AvgIpc) is 3.48. The first-order valence-electron chi connectivity index (χ1n) is 11.5. The van der Waals surface area contributed by atoms with Crippen LogP contribution in [0.4, 0.5) is 29.5 Å². The maximum Gasteiger partial charge on any atom is 0.416 e. The highest BCUT2D eigenvalue weighted by Gasteiger charge is 2.34. The fourth-order valence-electron chi connectivity index (χ4n) is 4.51. The lowest BCUT2D eigenvalue weighted by atomic mass is 10.1. The van der Waals surface area contributed by atoms with Gasteiger partial charge in [0.25, 0.3) is 0 Å². The lowest BCUT2D eigenvalue weighted by Gasteiger charge is -2.35. The highest BCUT2D eigenvalue weighted by atomic mass is 32.2. The number of carbonyl (C=O) groups is 2. The maximum atomic E-state index is 13.4. The fourth-order valence-corrected chi connectivity index (χ4v) is 5.00. The van der Waals surface area contributed by atoms with Crippen molar-refractivity contribution in [3.8, 4) is 0 Å².